The molecule has 1 amide bonds. The zero-order valence-corrected chi connectivity index (χ0v) is 14.2. The molecule has 0 unspecified atom stereocenters. The molecule has 0 aliphatic carbocycles. The summed E-state index contributed by atoms with van der Waals surface area (Å²) in [5, 5.41) is 0. The van der Waals surface area contributed by atoms with Crippen molar-refractivity contribution in [2.45, 2.75) is 32.0 Å². The third-order valence-corrected chi connectivity index (χ3v) is 4.92. The second kappa shape index (κ2) is 6.98. The van der Waals surface area contributed by atoms with Gasteiger partial charge in [0.1, 0.15) is 6.04 Å². The van der Waals surface area contributed by atoms with Crippen molar-refractivity contribution < 1.29 is 4.79 Å². The summed E-state index contributed by atoms with van der Waals surface area (Å²) in [6, 6.07) is 24.7. The van der Waals surface area contributed by atoms with E-state index in [-0.39, 0.29) is 11.9 Å². The summed E-state index contributed by atoms with van der Waals surface area (Å²) in [4.78, 5) is 15.1. The van der Waals surface area contributed by atoms with E-state index in [0.29, 0.717) is 13.1 Å². The van der Waals surface area contributed by atoms with Gasteiger partial charge >= 0.3 is 0 Å². The minimum Gasteiger partial charge on any atom is -0.337 e. The van der Waals surface area contributed by atoms with E-state index in [0.717, 1.165) is 12.8 Å². The van der Waals surface area contributed by atoms with Crippen LogP contribution < -0.4 is 0 Å². The minimum atomic E-state index is -0.109. The third-order valence-electron chi connectivity index (χ3n) is 4.92. The predicted octanol–water partition coefficient (Wildman–Crippen LogP) is 4.20. The molecule has 0 radical (unpaired) electrons. The highest BCUT2D eigenvalue weighted by Gasteiger charge is 2.31. The zero-order chi connectivity index (χ0) is 17.1. The molecule has 0 spiro atoms. The summed E-state index contributed by atoms with van der Waals surface area (Å²) < 4.78 is 2.16. The van der Waals surface area contributed by atoms with E-state index in [9.17, 15) is 4.79 Å². The first-order chi connectivity index (χ1) is 12.3. The summed E-state index contributed by atoms with van der Waals surface area (Å²) in [5.74, 6) is 0.225. The number of hydrogen-bond donors (Lipinski definition) is 0. The number of rotatable bonds is 5. The standard InChI is InChI=1S/C22H22N2O/c25-22-21(14-13-18-8-3-1-4-9-18)24-15-7-12-20(24)17-23(22)16-19-10-5-2-6-11-19/h1-12,15,21H,13-14,16-17H2/t21-/m0/s1. The maximum Gasteiger partial charge on any atom is 0.246 e. The SMILES string of the molecule is O=C1[C@H](CCc2ccccc2)n2cccc2CN1Cc1ccccc1. The van der Waals surface area contributed by atoms with Gasteiger partial charge in [0.25, 0.3) is 0 Å². The maximum atomic E-state index is 13.1. The Morgan fingerprint density at radius 3 is 2.24 bits per heavy atom. The van der Waals surface area contributed by atoms with Gasteiger partial charge in [0, 0.05) is 18.4 Å². The fourth-order valence-electron chi connectivity index (χ4n) is 3.62. The number of carbonyl (C=O) groups is 1. The van der Waals surface area contributed by atoms with E-state index in [1.165, 1.54) is 16.8 Å². The van der Waals surface area contributed by atoms with Gasteiger partial charge in [-0.3, -0.25) is 4.79 Å². The van der Waals surface area contributed by atoms with Crippen molar-refractivity contribution in [3.8, 4) is 0 Å². The molecule has 25 heavy (non-hydrogen) atoms. The number of fused-ring (bicyclic) bond motifs is 1. The summed E-state index contributed by atoms with van der Waals surface area (Å²) in [5.41, 5.74) is 3.68. The summed E-state index contributed by atoms with van der Waals surface area (Å²) in [6.45, 7) is 1.36. The minimum absolute atomic E-state index is 0.109. The molecule has 0 N–H and O–H groups in total. The largest absolute Gasteiger partial charge is 0.337 e. The number of amides is 1. The molecule has 3 heteroatoms. The number of nitrogens with zero attached hydrogens (tertiary/aromatic N) is 2. The molecular formula is C22H22N2O. The molecule has 0 saturated heterocycles. The van der Waals surface area contributed by atoms with Gasteiger partial charge in [-0.2, -0.15) is 0 Å². The summed E-state index contributed by atoms with van der Waals surface area (Å²) in [7, 11) is 0. The van der Waals surface area contributed by atoms with Crippen LogP contribution >= 0.6 is 0 Å². The van der Waals surface area contributed by atoms with Gasteiger partial charge in [-0.25, -0.2) is 0 Å². The Hall–Kier alpha value is -2.81. The van der Waals surface area contributed by atoms with Crippen LogP contribution in [0.15, 0.2) is 79.0 Å². The Morgan fingerprint density at radius 2 is 1.52 bits per heavy atom. The van der Waals surface area contributed by atoms with Crippen molar-refractivity contribution in [2.24, 2.45) is 0 Å². The average Bonchev–Trinajstić information content (AvgIpc) is 3.11. The number of carbonyl (C=O) groups excluding carboxylic acids is 1. The molecule has 4 rings (SSSR count). The molecule has 126 valence electrons. The van der Waals surface area contributed by atoms with Crippen LogP contribution in [0.2, 0.25) is 0 Å². The smallest absolute Gasteiger partial charge is 0.246 e. The summed E-state index contributed by atoms with van der Waals surface area (Å²) >= 11 is 0. The fourth-order valence-corrected chi connectivity index (χ4v) is 3.62. The van der Waals surface area contributed by atoms with Crippen LogP contribution in [-0.4, -0.2) is 15.4 Å². The van der Waals surface area contributed by atoms with Crippen LogP contribution in [0, 0.1) is 0 Å². The molecule has 1 aliphatic rings. The van der Waals surface area contributed by atoms with Crippen LogP contribution in [0.3, 0.4) is 0 Å². The Balaban J connectivity index is 1.54. The monoisotopic (exact) mass is 330 g/mol. The van der Waals surface area contributed by atoms with Crippen LogP contribution in [0.1, 0.15) is 29.3 Å². The molecule has 2 heterocycles. The van der Waals surface area contributed by atoms with E-state index in [1.807, 2.05) is 41.4 Å². The van der Waals surface area contributed by atoms with E-state index in [4.69, 9.17) is 0 Å². The highest BCUT2D eigenvalue weighted by Crippen LogP contribution is 2.28. The molecule has 1 atom stereocenters. The molecule has 0 saturated carbocycles. The Labute approximate surface area is 148 Å². The van der Waals surface area contributed by atoms with E-state index >= 15 is 0 Å². The van der Waals surface area contributed by atoms with Crippen molar-refractivity contribution in [3.05, 3.63) is 95.8 Å². The molecule has 0 fully saturated rings. The van der Waals surface area contributed by atoms with E-state index < -0.39 is 0 Å². The molecular weight excluding hydrogens is 308 g/mol. The van der Waals surface area contributed by atoms with Crippen LogP contribution in [0.4, 0.5) is 0 Å². The lowest BCUT2D eigenvalue weighted by atomic mass is 10.0. The van der Waals surface area contributed by atoms with Gasteiger partial charge in [-0.1, -0.05) is 60.7 Å². The van der Waals surface area contributed by atoms with E-state index in [2.05, 4.69) is 47.0 Å². The normalized spacial score (nSPS) is 16.7. The molecule has 1 aliphatic heterocycles. The third kappa shape index (κ3) is 3.36. The second-order valence-corrected chi connectivity index (χ2v) is 6.63. The van der Waals surface area contributed by atoms with Crippen molar-refractivity contribution in [2.75, 3.05) is 0 Å². The van der Waals surface area contributed by atoms with Gasteiger partial charge in [-0.05, 0) is 36.1 Å². The maximum absolute atomic E-state index is 13.1. The fraction of sp³-hybridized carbons (Fsp3) is 0.227. The van der Waals surface area contributed by atoms with Crippen LogP contribution in [0.25, 0.3) is 0 Å². The Kier molecular flexibility index (Phi) is 4.38. The quantitative estimate of drug-likeness (QED) is 0.688. The average molecular weight is 330 g/mol. The number of aromatic nitrogens is 1. The van der Waals surface area contributed by atoms with Crippen molar-refractivity contribution in [3.63, 3.8) is 0 Å². The first-order valence-corrected chi connectivity index (χ1v) is 8.83. The Bertz CT molecular complexity index is 839. The first kappa shape index (κ1) is 15.7. The van der Waals surface area contributed by atoms with Crippen molar-refractivity contribution >= 4 is 5.91 Å². The highest BCUT2D eigenvalue weighted by molar-refractivity contribution is 5.81. The number of aryl methyl sites for hydroxylation is 1. The molecule has 3 aromatic rings. The predicted molar refractivity (Wildman–Crippen MR) is 98.9 cm³/mol. The first-order valence-electron chi connectivity index (χ1n) is 8.83. The van der Waals surface area contributed by atoms with Gasteiger partial charge in [0.15, 0.2) is 0 Å². The lowest BCUT2D eigenvalue weighted by Gasteiger charge is -2.34. The van der Waals surface area contributed by atoms with Gasteiger partial charge < -0.3 is 9.47 Å². The zero-order valence-electron chi connectivity index (χ0n) is 14.2. The van der Waals surface area contributed by atoms with Crippen molar-refractivity contribution in [1.29, 1.82) is 0 Å². The second-order valence-electron chi connectivity index (χ2n) is 6.63. The van der Waals surface area contributed by atoms with Crippen LogP contribution in [-0.2, 0) is 24.3 Å². The number of benzene rings is 2. The van der Waals surface area contributed by atoms with Gasteiger partial charge in [0.2, 0.25) is 5.91 Å². The topological polar surface area (TPSA) is 25.2 Å². The summed E-state index contributed by atoms with van der Waals surface area (Å²) in [6.07, 6.45) is 3.78. The van der Waals surface area contributed by atoms with Gasteiger partial charge in [0.05, 0.1) is 6.54 Å². The molecule has 1 aromatic heterocycles. The lowest BCUT2D eigenvalue weighted by molar-refractivity contribution is -0.138. The molecule has 0 bridgehead atoms. The molecule has 2 aromatic carbocycles. The molecule has 3 nitrogen and oxygen atoms in total. The van der Waals surface area contributed by atoms with Gasteiger partial charge in [-0.15, -0.1) is 0 Å². The Morgan fingerprint density at radius 1 is 0.840 bits per heavy atom. The number of hydrogen-bond acceptors (Lipinski definition) is 1. The highest BCUT2D eigenvalue weighted by atomic mass is 16.2. The lowest BCUT2D eigenvalue weighted by Crippen LogP contribution is -2.42. The van der Waals surface area contributed by atoms with E-state index in [1.54, 1.807) is 0 Å². The van der Waals surface area contributed by atoms with Crippen molar-refractivity contribution in [1.82, 2.24) is 9.47 Å². The van der Waals surface area contributed by atoms with Crippen LogP contribution in [0.5, 0.6) is 0 Å².